The van der Waals surface area contributed by atoms with Crippen molar-refractivity contribution in [1.29, 1.82) is 0 Å². The largest absolute Gasteiger partial charge is 0.359 e. The molecule has 0 radical (unpaired) electrons. The second kappa shape index (κ2) is 8.76. The van der Waals surface area contributed by atoms with E-state index in [0.717, 1.165) is 12.8 Å². The lowest BCUT2D eigenvalue weighted by Gasteiger charge is -1.96. The molecule has 0 aliphatic carbocycles. The van der Waals surface area contributed by atoms with E-state index in [-0.39, 0.29) is 18.3 Å². The second-order valence-corrected chi connectivity index (χ2v) is 2.13. The molecule has 0 unspecified atom stereocenters. The summed E-state index contributed by atoms with van der Waals surface area (Å²) in [5.41, 5.74) is 0. The lowest BCUT2D eigenvalue weighted by molar-refractivity contribution is -0.120. The Morgan fingerprint density at radius 3 is 2.40 bits per heavy atom. The Morgan fingerprint density at radius 2 is 2.00 bits per heavy atom. The van der Waals surface area contributed by atoms with Gasteiger partial charge in [-0.05, 0) is 6.42 Å². The van der Waals surface area contributed by atoms with Crippen LogP contribution in [0.2, 0.25) is 0 Å². The molecule has 2 nitrogen and oxygen atoms in total. The van der Waals surface area contributed by atoms with Crippen molar-refractivity contribution in [2.45, 2.75) is 32.6 Å². The third-order valence-electron chi connectivity index (χ3n) is 1.29. The molecule has 0 atom stereocenters. The van der Waals surface area contributed by atoms with Crippen LogP contribution in [0.5, 0.6) is 0 Å². The van der Waals surface area contributed by atoms with Gasteiger partial charge in [0.1, 0.15) is 0 Å². The molecule has 1 N–H and O–H groups in total. The molecular weight excluding hydrogens is 150 g/mol. The molecule has 0 aromatic carbocycles. The number of rotatable bonds is 4. The normalized spacial score (nSPS) is 8.20. The Kier molecular flexibility index (Phi) is 10.9. The van der Waals surface area contributed by atoms with Crippen molar-refractivity contribution in [2.24, 2.45) is 0 Å². The van der Waals surface area contributed by atoms with E-state index >= 15 is 0 Å². The molecular formula is C7H16ClNO. The number of hydrogen-bond donors (Lipinski definition) is 1. The van der Waals surface area contributed by atoms with Crippen molar-refractivity contribution < 1.29 is 4.79 Å². The zero-order chi connectivity index (χ0) is 7.11. The number of unbranched alkanes of at least 4 members (excludes halogenated alkanes) is 2. The molecule has 0 spiro atoms. The van der Waals surface area contributed by atoms with Crippen molar-refractivity contribution >= 4 is 18.3 Å². The standard InChI is InChI=1S/C7H15NO.ClH/c1-3-4-5-6-7(9)8-2;/h3-6H2,1-2H3,(H,8,9);1H. The van der Waals surface area contributed by atoms with Crippen LogP contribution in [0.1, 0.15) is 32.6 Å². The number of carbonyl (C=O) groups excluding carboxylic acids is 1. The van der Waals surface area contributed by atoms with Crippen LogP contribution in [0.25, 0.3) is 0 Å². The number of nitrogens with one attached hydrogen (secondary N) is 1. The molecule has 0 bridgehead atoms. The molecule has 3 heteroatoms. The van der Waals surface area contributed by atoms with Gasteiger partial charge in [-0.15, -0.1) is 12.4 Å². The number of halogens is 1. The van der Waals surface area contributed by atoms with E-state index < -0.39 is 0 Å². The minimum Gasteiger partial charge on any atom is -0.359 e. The molecule has 0 rings (SSSR count). The molecule has 10 heavy (non-hydrogen) atoms. The average Bonchev–Trinajstić information content (AvgIpc) is 1.89. The highest BCUT2D eigenvalue weighted by atomic mass is 35.5. The molecule has 0 heterocycles. The fraction of sp³-hybridized carbons (Fsp3) is 0.857. The van der Waals surface area contributed by atoms with Gasteiger partial charge in [-0.25, -0.2) is 0 Å². The van der Waals surface area contributed by atoms with E-state index in [4.69, 9.17) is 0 Å². The molecule has 0 saturated carbocycles. The van der Waals surface area contributed by atoms with E-state index in [1.54, 1.807) is 7.05 Å². The topological polar surface area (TPSA) is 29.1 Å². The van der Waals surface area contributed by atoms with Crippen LogP contribution in [0.3, 0.4) is 0 Å². The fourth-order valence-corrected chi connectivity index (χ4v) is 0.661. The zero-order valence-corrected chi connectivity index (χ0v) is 7.46. The lowest BCUT2D eigenvalue weighted by atomic mass is 10.2. The van der Waals surface area contributed by atoms with Gasteiger partial charge in [0, 0.05) is 13.5 Å². The van der Waals surface area contributed by atoms with Crippen LogP contribution in [0.15, 0.2) is 0 Å². The summed E-state index contributed by atoms with van der Waals surface area (Å²) >= 11 is 0. The Bertz CT molecular complexity index is 85.7. The van der Waals surface area contributed by atoms with Crippen LogP contribution < -0.4 is 5.32 Å². The first-order valence-electron chi connectivity index (χ1n) is 3.51. The maximum Gasteiger partial charge on any atom is 0.219 e. The van der Waals surface area contributed by atoms with Gasteiger partial charge in [0.2, 0.25) is 5.91 Å². The highest BCUT2D eigenvalue weighted by molar-refractivity contribution is 5.85. The Labute approximate surface area is 68.8 Å². The minimum absolute atomic E-state index is 0. The lowest BCUT2D eigenvalue weighted by Crippen LogP contribution is -2.16. The summed E-state index contributed by atoms with van der Waals surface area (Å²) in [5.74, 6) is 0.156. The number of carbonyl (C=O) groups is 1. The second-order valence-electron chi connectivity index (χ2n) is 2.13. The molecule has 0 aromatic heterocycles. The molecule has 0 saturated heterocycles. The van der Waals surface area contributed by atoms with Gasteiger partial charge in [-0.1, -0.05) is 19.8 Å². The van der Waals surface area contributed by atoms with E-state index in [1.165, 1.54) is 6.42 Å². The monoisotopic (exact) mass is 165 g/mol. The van der Waals surface area contributed by atoms with Gasteiger partial charge in [0.05, 0.1) is 0 Å². The summed E-state index contributed by atoms with van der Waals surface area (Å²) in [4.78, 5) is 10.6. The predicted octanol–water partition coefficient (Wildman–Crippen LogP) is 1.73. The van der Waals surface area contributed by atoms with E-state index in [1.807, 2.05) is 0 Å². The SMILES string of the molecule is CCCCCC(=O)NC.Cl. The van der Waals surface area contributed by atoms with E-state index in [0.29, 0.717) is 6.42 Å². The first-order chi connectivity index (χ1) is 4.31. The van der Waals surface area contributed by atoms with Gasteiger partial charge in [0.25, 0.3) is 0 Å². The highest BCUT2D eigenvalue weighted by Gasteiger charge is 1.94. The number of hydrogen-bond acceptors (Lipinski definition) is 1. The van der Waals surface area contributed by atoms with Crippen molar-refractivity contribution in [1.82, 2.24) is 5.32 Å². The van der Waals surface area contributed by atoms with Crippen LogP contribution in [0.4, 0.5) is 0 Å². The van der Waals surface area contributed by atoms with Gasteiger partial charge in [-0.3, -0.25) is 4.79 Å². The first kappa shape index (κ1) is 12.4. The van der Waals surface area contributed by atoms with Crippen molar-refractivity contribution in [2.75, 3.05) is 7.05 Å². The maximum absolute atomic E-state index is 10.6. The zero-order valence-electron chi connectivity index (χ0n) is 6.64. The fourth-order valence-electron chi connectivity index (χ4n) is 0.661. The van der Waals surface area contributed by atoms with E-state index in [9.17, 15) is 4.79 Å². The molecule has 62 valence electrons. The van der Waals surface area contributed by atoms with E-state index in [2.05, 4.69) is 12.2 Å². The Hall–Kier alpha value is -0.240. The van der Waals surface area contributed by atoms with Gasteiger partial charge in [-0.2, -0.15) is 0 Å². The van der Waals surface area contributed by atoms with Crippen molar-refractivity contribution in [3.05, 3.63) is 0 Å². The summed E-state index contributed by atoms with van der Waals surface area (Å²) in [7, 11) is 1.67. The minimum atomic E-state index is 0. The third-order valence-corrected chi connectivity index (χ3v) is 1.29. The van der Waals surface area contributed by atoms with Crippen LogP contribution in [-0.2, 0) is 4.79 Å². The average molecular weight is 166 g/mol. The summed E-state index contributed by atoms with van der Waals surface area (Å²) < 4.78 is 0. The van der Waals surface area contributed by atoms with Crippen molar-refractivity contribution in [3.8, 4) is 0 Å². The summed E-state index contributed by atoms with van der Waals surface area (Å²) in [5, 5.41) is 2.58. The smallest absolute Gasteiger partial charge is 0.219 e. The summed E-state index contributed by atoms with van der Waals surface area (Å²) in [6.45, 7) is 2.13. The predicted molar refractivity (Wildman–Crippen MR) is 45.5 cm³/mol. The quantitative estimate of drug-likeness (QED) is 0.632. The van der Waals surface area contributed by atoms with Gasteiger partial charge in [0.15, 0.2) is 0 Å². The van der Waals surface area contributed by atoms with Crippen LogP contribution in [0, 0.1) is 0 Å². The maximum atomic E-state index is 10.6. The van der Waals surface area contributed by atoms with Gasteiger partial charge >= 0.3 is 0 Å². The highest BCUT2D eigenvalue weighted by Crippen LogP contribution is 1.97. The molecule has 0 aliphatic heterocycles. The third kappa shape index (κ3) is 7.76. The van der Waals surface area contributed by atoms with Crippen molar-refractivity contribution in [3.63, 3.8) is 0 Å². The van der Waals surface area contributed by atoms with Crippen LogP contribution >= 0.6 is 12.4 Å². The van der Waals surface area contributed by atoms with Crippen LogP contribution in [-0.4, -0.2) is 13.0 Å². The van der Waals surface area contributed by atoms with Gasteiger partial charge < -0.3 is 5.32 Å². The summed E-state index contributed by atoms with van der Waals surface area (Å²) in [6.07, 6.45) is 4.05. The first-order valence-corrected chi connectivity index (χ1v) is 3.51. The molecule has 1 amide bonds. The molecule has 0 fully saturated rings. The Morgan fingerprint density at radius 1 is 1.40 bits per heavy atom. The molecule has 0 aliphatic rings. The number of amides is 1. The summed E-state index contributed by atoms with van der Waals surface area (Å²) in [6, 6.07) is 0. The molecule has 0 aromatic rings. The Balaban J connectivity index is 0.